The highest BCUT2D eigenvalue weighted by Gasteiger charge is 2.11. The second-order valence-corrected chi connectivity index (χ2v) is 5.25. The van der Waals surface area contributed by atoms with Crippen LogP contribution in [0.4, 0.5) is 0 Å². The fraction of sp³-hybridized carbons (Fsp3) is 0.231. The average molecular weight is 352 g/mol. The molecule has 8 heteroatoms. The molecule has 0 bridgehead atoms. The number of nitrogens with two attached hydrogens (primary N) is 1. The molecule has 110 valence electrons. The topological polar surface area (TPSA) is 103 Å². The summed E-state index contributed by atoms with van der Waals surface area (Å²) in [6, 6.07) is 4.96. The van der Waals surface area contributed by atoms with Gasteiger partial charge in [-0.25, -0.2) is 15.6 Å². The van der Waals surface area contributed by atoms with Crippen molar-refractivity contribution >= 4 is 21.8 Å². The van der Waals surface area contributed by atoms with Crippen LogP contribution in [0, 0.1) is 13.8 Å². The highest BCUT2D eigenvalue weighted by molar-refractivity contribution is 9.10. The van der Waals surface area contributed by atoms with E-state index in [0.29, 0.717) is 11.4 Å². The standard InChI is InChI=1S/C13H14BrN5O2/c1-7-11(14)8(2)19(13(21)16-7)6-9-4-3-5-10(17-9)12(20)18-15/h3-5H,6,15H2,1-2H3,(H,18,20). The zero-order valence-corrected chi connectivity index (χ0v) is 13.1. The minimum Gasteiger partial charge on any atom is -0.289 e. The monoisotopic (exact) mass is 351 g/mol. The molecule has 0 spiro atoms. The number of carbonyl (C=O) groups is 1. The summed E-state index contributed by atoms with van der Waals surface area (Å²) in [5, 5.41) is 0. The van der Waals surface area contributed by atoms with Gasteiger partial charge in [0.25, 0.3) is 5.91 Å². The summed E-state index contributed by atoms with van der Waals surface area (Å²) in [5.41, 5.74) is 3.82. The zero-order valence-electron chi connectivity index (χ0n) is 11.6. The van der Waals surface area contributed by atoms with Gasteiger partial charge >= 0.3 is 5.69 Å². The van der Waals surface area contributed by atoms with Crippen LogP contribution >= 0.6 is 15.9 Å². The number of amides is 1. The molecule has 0 aromatic carbocycles. The number of hydrogen-bond acceptors (Lipinski definition) is 5. The SMILES string of the molecule is Cc1nc(=O)n(Cc2cccc(C(=O)NN)n2)c(C)c1Br. The molecule has 0 atom stereocenters. The number of rotatable bonds is 3. The van der Waals surface area contributed by atoms with Crippen LogP contribution in [0.3, 0.4) is 0 Å². The van der Waals surface area contributed by atoms with Gasteiger partial charge in [-0.05, 0) is 41.9 Å². The van der Waals surface area contributed by atoms with E-state index in [-0.39, 0.29) is 17.9 Å². The maximum Gasteiger partial charge on any atom is 0.348 e. The number of hydrogen-bond donors (Lipinski definition) is 2. The summed E-state index contributed by atoms with van der Waals surface area (Å²) >= 11 is 3.40. The van der Waals surface area contributed by atoms with E-state index >= 15 is 0 Å². The zero-order chi connectivity index (χ0) is 15.6. The van der Waals surface area contributed by atoms with Crippen LogP contribution in [0.5, 0.6) is 0 Å². The lowest BCUT2D eigenvalue weighted by molar-refractivity contribution is 0.0948. The Bertz CT molecular complexity index is 757. The first kappa shape index (κ1) is 15.3. The summed E-state index contributed by atoms with van der Waals surface area (Å²) in [6.45, 7) is 3.80. The van der Waals surface area contributed by atoms with Crippen molar-refractivity contribution in [3.63, 3.8) is 0 Å². The van der Waals surface area contributed by atoms with E-state index in [0.717, 1.165) is 10.2 Å². The van der Waals surface area contributed by atoms with E-state index in [1.165, 1.54) is 4.57 Å². The van der Waals surface area contributed by atoms with Gasteiger partial charge in [0, 0.05) is 5.69 Å². The molecule has 2 heterocycles. The number of aromatic nitrogens is 3. The maximum atomic E-state index is 12.0. The van der Waals surface area contributed by atoms with Gasteiger partial charge < -0.3 is 0 Å². The van der Waals surface area contributed by atoms with Crippen LogP contribution in [0.15, 0.2) is 27.5 Å². The first-order chi connectivity index (χ1) is 9.93. The molecule has 2 aromatic rings. The summed E-state index contributed by atoms with van der Waals surface area (Å²) in [4.78, 5) is 31.6. The van der Waals surface area contributed by atoms with Gasteiger partial charge in [0.2, 0.25) is 0 Å². The van der Waals surface area contributed by atoms with Gasteiger partial charge in [0.15, 0.2) is 0 Å². The molecule has 0 fully saturated rings. The minimum absolute atomic E-state index is 0.194. The fourth-order valence-corrected chi connectivity index (χ4v) is 2.20. The maximum absolute atomic E-state index is 12.0. The summed E-state index contributed by atoms with van der Waals surface area (Å²) in [7, 11) is 0. The molecular formula is C13H14BrN5O2. The first-order valence-corrected chi connectivity index (χ1v) is 6.93. The molecule has 21 heavy (non-hydrogen) atoms. The molecule has 2 aromatic heterocycles. The predicted molar refractivity (Wildman–Crippen MR) is 80.7 cm³/mol. The molecular weight excluding hydrogens is 338 g/mol. The summed E-state index contributed by atoms with van der Waals surface area (Å²) < 4.78 is 2.27. The van der Waals surface area contributed by atoms with Gasteiger partial charge in [-0.1, -0.05) is 6.07 Å². The molecule has 0 saturated carbocycles. The van der Waals surface area contributed by atoms with Crippen molar-refractivity contribution in [3.05, 3.63) is 55.9 Å². The van der Waals surface area contributed by atoms with Gasteiger partial charge in [-0.2, -0.15) is 4.98 Å². The number of halogens is 1. The van der Waals surface area contributed by atoms with Crippen molar-refractivity contribution < 1.29 is 4.79 Å². The average Bonchev–Trinajstić information content (AvgIpc) is 2.49. The Morgan fingerprint density at radius 3 is 2.76 bits per heavy atom. The molecule has 0 aliphatic heterocycles. The van der Waals surface area contributed by atoms with Crippen LogP contribution < -0.4 is 17.0 Å². The molecule has 0 radical (unpaired) electrons. The van der Waals surface area contributed by atoms with Crippen molar-refractivity contribution in [1.29, 1.82) is 0 Å². The first-order valence-electron chi connectivity index (χ1n) is 6.14. The number of pyridine rings is 1. The summed E-state index contributed by atoms with van der Waals surface area (Å²) in [5.74, 6) is 4.60. The van der Waals surface area contributed by atoms with Gasteiger partial charge in [0.05, 0.1) is 22.4 Å². The predicted octanol–water partition coefficient (Wildman–Crippen LogP) is 0.669. The molecule has 3 N–H and O–H groups in total. The highest BCUT2D eigenvalue weighted by Crippen LogP contribution is 2.17. The minimum atomic E-state index is -0.482. The van der Waals surface area contributed by atoms with E-state index in [4.69, 9.17) is 5.84 Å². The Balaban J connectivity index is 2.42. The van der Waals surface area contributed by atoms with Gasteiger partial charge in [-0.3, -0.25) is 14.8 Å². The Hall–Kier alpha value is -2.06. The van der Waals surface area contributed by atoms with Gasteiger partial charge in [0.1, 0.15) is 5.69 Å². The molecule has 0 aliphatic rings. The highest BCUT2D eigenvalue weighted by atomic mass is 79.9. The number of hydrazine groups is 1. The normalized spacial score (nSPS) is 10.5. The molecule has 2 rings (SSSR count). The number of aryl methyl sites for hydroxylation is 1. The lowest BCUT2D eigenvalue weighted by Crippen LogP contribution is -2.31. The Labute approximate surface area is 129 Å². The Kier molecular flexibility index (Phi) is 4.49. The second-order valence-electron chi connectivity index (χ2n) is 4.45. The van der Waals surface area contributed by atoms with Crippen LogP contribution in [-0.2, 0) is 6.54 Å². The third-order valence-electron chi connectivity index (χ3n) is 3.03. The number of carbonyl (C=O) groups excluding carboxylic acids is 1. The largest absolute Gasteiger partial charge is 0.348 e. The molecule has 0 saturated heterocycles. The third kappa shape index (κ3) is 3.17. The van der Waals surface area contributed by atoms with E-state index in [2.05, 4.69) is 25.9 Å². The van der Waals surface area contributed by atoms with Crippen LogP contribution in [0.1, 0.15) is 27.6 Å². The van der Waals surface area contributed by atoms with Crippen LogP contribution in [0.25, 0.3) is 0 Å². The van der Waals surface area contributed by atoms with Crippen molar-refractivity contribution in [3.8, 4) is 0 Å². The van der Waals surface area contributed by atoms with Crippen molar-refractivity contribution in [2.45, 2.75) is 20.4 Å². The van der Waals surface area contributed by atoms with Gasteiger partial charge in [-0.15, -0.1) is 0 Å². The molecule has 0 aliphatic carbocycles. The Morgan fingerprint density at radius 1 is 1.38 bits per heavy atom. The number of nitrogen functional groups attached to an aromatic ring is 1. The lowest BCUT2D eigenvalue weighted by Gasteiger charge is -2.12. The number of nitrogens with one attached hydrogen (secondary N) is 1. The second kappa shape index (κ2) is 6.15. The molecule has 0 unspecified atom stereocenters. The Morgan fingerprint density at radius 2 is 2.10 bits per heavy atom. The summed E-state index contributed by atoms with van der Waals surface area (Å²) in [6.07, 6.45) is 0. The van der Waals surface area contributed by atoms with Crippen molar-refractivity contribution in [1.82, 2.24) is 20.0 Å². The van der Waals surface area contributed by atoms with Crippen LogP contribution in [-0.4, -0.2) is 20.4 Å². The van der Waals surface area contributed by atoms with E-state index in [9.17, 15) is 9.59 Å². The third-order valence-corrected chi connectivity index (χ3v) is 4.17. The van der Waals surface area contributed by atoms with Crippen molar-refractivity contribution in [2.24, 2.45) is 5.84 Å². The lowest BCUT2D eigenvalue weighted by atomic mass is 10.2. The quantitative estimate of drug-likeness (QED) is 0.480. The number of nitrogens with zero attached hydrogens (tertiary/aromatic N) is 3. The fourth-order valence-electron chi connectivity index (χ4n) is 1.89. The van der Waals surface area contributed by atoms with E-state index in [1.54, 1.807) is 25.1 Å². The smallest absolute Gasteiger partial charge is 0.289 e. The molecule has 7 nitrogen and oxygen atoms in total. The van der Waals surface area contributed by atoms with Crippen LogP contribution in [0.2, 0.25) is 0 Å². The van der Waals surface area contributed by atoms with Crippen molar-refractivity contribution in [2.75, 3.05) is 0 Å². The van der Waals surface area contributed by atoms with E-state index in [1.807, 2.05) is 12.3 Å². The van der Waals surface area contributed by atoms with E-state index < -0.39 is 5.91 Å². The molecule has 1 amide bonds.